The number of aryl methyl sites for hydroxylation is 3. The summed E-state index contributed by atoms with van der Waals surface area (Å²) in [4.78, 5) is 0. The molecule has 0 amide bonds. The zero-order chi connectivity index (χ0) is 14.2. The van der Waals surface area contributed by atoms with Crippen molar-refractivity contribution in [2.75, 3.05) is 0 Å². The second-order valence-corrected chi connectivity index (χ2v) is 5.38. The van der Waals surface area contributed by atoms with Gasteiger partial charge in [0.1, 0.15) is 5.82 Å². The number of nitrogens with two attached hydrogens (primary N) is 1. The maximum absolute atomic E-state index is 13.7. The molecule has 0 bridgehead atoms. The smallest absolute Gasteiger partial charge is 0.129 e. The average molecular weight is 278 g/mol. The van der Waals surface area contributed by atoms with Gasteiger partial charge in [0.25, 0.3) is 0 Å². The number of halogens is 2. The molecule has 0 aromatic heterocycles. The second-order valence-electron chi connectivity index (χ2n) is 4.95. The van der Waals surface area contributed by atoms with Crippen molar-refractivity contribution in [3.63, 3.8) is 0 Å². The van der Waals surface area contributed by atoms with Gasteiger partial charge in [-0.25, -0.2) is 4.39 Å². The van der Waals surface area contributed by atoms with Crippen LogP contribution in [0.15, 0.2) is 30.3 Å². The molecule has 1 nitrogen and oxygen atoms in total. The Labute approximate surface area is 118 Å². The van der Waals surface area contributed by atoms with Gasteiger partial charge in [0.05, 0.1) is 6.04 Å². The molecule has 2 rings (SSSR count). The third-order valence-electron chi connectivity index (χ3n) is 3.38. The van der Waals surface area contributed by atoms with Gasteiger partial charge in [-0.2, -0.15) is 0 Å². The molecule has 0 fully saturated rings. The fraction of sp³-hybridized carbons (Fsp3) is 0.250. The summed E-state index contributed by atoms with van der Waals surface area (Å²) in [5.74, 6) is -0.163. The van der Waals surface area contributed by atoms with Gasteiger partial charge in [-0.1, -0.05) is 29.8 Å². The van der Waals surface area contributed by atoms with E-state index in [1.54, 1.807) is 26.0 Å². The Morgan fingerprint density at radius 2 is 1.58 bits per heavy atom. The summed E-state index contributed by atoms with van der Waals surface area (Å²) >= 11 is 5.95. The van der Waals surface area contributed by atoms with Gasteiger partial charge in [-0.05, 0) is 60.7 Å². The summed E-state index contributed by atoms with van der Waals surface area (Å²) in [6, 6.07) is 8.99. The molecule has 2 aromatic rings. The predicted octanol–water partition coefficient (Wildman–Crippen LogP) is 4.45. The Bertz CT molecular complexity index is 599. The van der Waals surface area contributed by atoms with E-state index in [0.29, 0.717) is 16.1 Å². The minimum atomic E-state index is -0.268. The molecule has 0 spiro atoms. The standard InChI is InChI=1S/C16H17ClFN/c1-9-8-13(17)4-5-14(9)16(19)12-6-10(2)15(18)11(3)7-12/h4-8,16H,19H2,1-3H3. The first-order valence-corrected chi connectivity index (χ1v) is 6.56. The topological polar surface area (TPSA) is 26.0 Å². The van der Waals surface area contributed by atoms with E-state index in [-0.39, 0.29) is 11.9 Å². The van der Waals surface area contributed by atoms with E-state index >= 15 is 0 Å². The Kier molecular flexibility index (Phi) is 3.93. The molecular weight excluding hydrogens is 261 g/mol. The van der Waals surface area contributed by atoms with Crippen molar-refractivity contribution in [1.29, 1.82) is 0 Å². The van der Waals surface area contributed by atoms with Gasteiger partial charge in [0, 0.05) is 5.02 Å². The van der Waals surface area contributed by atoms with E-state index in [0.717, 1.165) is 16.7 Å². The van der Waals surface area contributed by atoms with E-state index in [9.17, 15) is 4.39 Å². The molecule has 0 aliphatic heterocycles. The first-order chi connectivity index (χ1) is 8.90. The highest BCUT2D eigenvalue weighted by molar-refractivity contribution is 6.30. The van der Waals surface area contributed by atoms with Gasteiger partial charge < -0.3 is 5.73 Å². The molecular formula is C16H17ClFN. The fourth-order valence-electron chi connectivity index (χ4n) is 2.33. The Balaban J connectivity index is 2.47. The number of hydrogen-bond donors (Lipinski definition) is 1. The van der Waals surface area contributed by atoms with E-state index < -0.39 is 0 Å². The monoisotopic (exact) mass is 277 g/mol. The van der Waals surface area contributed by atoms with Crippen LogP contribution in [0, 0.1) is 26.6 Å². The summed E-state index contributed by atoms with van der Waals surface area (Å²) in [5, 5.41) is 0.694. The minimum absolute atomic E-state index is 0.163. The SMILES string of the molecule is Cc1cc(Cl)ccc1C(N)c1cc(C)c(F)c(C)c1. The lowest BCUT2D eigenvalue weighted by Gasteiger charge is -2.17. The lowest BCUT2D eigenvalue weighted by molar-refractivity contribution is 0.607. The van der Waals surface area contributed by atoms with Crippen LogP contribution in [0.5, 0.6) is 0 Å². The third kappa shape index (κ3) is 2.80. The lowest BCUT2D eigenvalue weighted by atomic mass is 9.93. The second kappa shape index (κ2) is 5.32. The van der Waals surface area contributed by atoms with Gasteiger partial charge in [-0.3, -0.25) is 0 Å². The van der Waals surface area contributed by atoms with Crippen molar-refractivity contribution >= 4 is 11.6 Å². The van der Waals surface area contributed by atoms with Crippen LogP contribution < -0.4 is 5.73 Å². The quantitative estimate of drug-likeness (QED) is 0.862. The van der Waals surface area contributed by atoms with Crippen LogP contribution in [0.2, 0.25) is 5.02 Å². The van der Waals surface area contributed by atoms with E-state index in [4.69, 9.17) is 17.3 Å². The predicted molar refractivity (Wildman–Crippen MR) is 78.1 cm³/mol. The van der Waals surface area contributed by atoms with Crippen LogP contribution >= 0.6 is 11.6 Å². The largest absolute Gasteiger partial charge is 0.320 e. The normalized spacial score (nSPS) is 12.5. The maximum Gasteiger partial charge on any atom is 0.129 e. The molecule has 0 aliphatic carbocycles. The van der Waals surface area contributed by atoms with Crippen LogP contribution in [0.4, 0.5) is 4.39 Å². The molecule has 0 radical (unpaired) electrons. The lowest BCUT2D eigenvalue weighted by Crippen LogP contribution is -2.14. The Morgan fingerprint density at radius 1 is 1.00 bits per heavy atom. The molecule has 2 aromatic carbocycles. The zero-order valence-electron chi connectivity index (χ0n) is 11.3. The van der Waals surface area contributed by atoms with Crippen molar-refractivity contribution in [1.82, 2.24) is 0 Å². The average Bonchev–Trinajstić information content (AvgIpc) is 2.34. The number of rotatable bonds is 2. The van der Waals surface area contributed by atoms with Crippen molar-refractivity contribution in [2.24, 2.45) is 5.73 Å². The van der Waals surface area contributed by atoms with Crippen LogP contribution in [0.3, 0.4) is 0 Å². The fourth-order valence-corrected chi connectivity index (χ4v) is 2.55. The number of hydrogen-bond acceptors (Lipinski definition) is 1. The molecule has 0 aliphatic rings. The third-order valence-corrected chi connectivity index (χ3v) is 3.62. The Morgan fingerprint density at radius 3 is 2.11 bits per heavy atom. The minimum Gasteiger partial charge on any atom is -0.320 e. The molecule has 2 N–H and O–H groups in total. The van der Waals surface area contributed by atoms with Crippen LogP contribution in [0.25, 0.3) is 0 Å². The van der Waals surface area contributed by atoms with E-state index in [1.807, 2.05) is 25.1 Å². The first kappa shape index (κ1) is 14.0. The zero-order valence-corrected chi connectivity index (χ0v) is 12.1. The van der Waals surface area contributed by atoms with Gasteiger partial charge in [0.2, 0.25) is 0 Å². The van der Waals surface area contributed by atoms with E-state index in [2.05, 4.69) is 0 Å². The molecule has 100 valence electrons. The highest BCUT2D eigenvalue weighted by atomic mass is 35.5. The van der Waals surface area contributed by atoms with Gasteiger partial charge in [-0.15, -0.1) is 0 Å². The molecule has 1 atom stereocenters. The molecule has 0 saturated carbocycles. The van der Waals surface area contributed by atoms with Crippen LogP contribution in [-0.2, 0) is 0 Å². The van der Waals surface area contributed by atoms with E-state index in [1.165, 1.54) is 0 Å². The molecule has 0 saturated heterocycles. The summed E-state index contributed by atoms with van der Waals surface area (Å²) in [6.07, 6.45) is 0. The first-order valence-electron chi connectivity index (χ1n) is 6.18. The summed E-state index contributed by atoms with van der Waals surface area (Å²) in [6.45, 7) is 5.49. The highest BCUT2D eigenvalue weighted by Gasteiger charge is 2.14. The van der Waals surface area contributed by atoms with Crippen molar-refractivity contribution < 1.29 is 4.39 Å². The van der Waals surface area contributed by atoms with Crippen molar-refractivity contribution in [2.45, 2.75) is 26.8 Å². The summed E-state index contributed by atoms with van der Waals surface area (Å²) in [5.41, 5.74) is 10.5. The van der Waals surface area contributed by atoms with Gasteiger partial charge in [0.15, 0.2) is 0 Å². The van der Waals surface area contributed by atoms with Gasteiger partial charge >= 0.3 is 0 Å². The molecule has 19 heavy (non-hydrogen) atoms. The molecule has 3 heteroatoms. The number of benzene rings is 2. The Hall–Kier alpha value is -1.38. The van der Waals surface area contributed by atoms with Crippen molar-refractivity contribution in [3.05, 3.63) is 69.0 Å². The summed E-state index contributed by atoms with van der Waals surface area (Å²) in [7, 11) is 0. The van der Waals surface area contributed by atoms with Crippen molar-refractivity contribution in [3.8, 4) is 0 Å². The van der Waals surface area contributed by atoms with Crippen LogP contribution in [-0.4, -0.2) is 0 Å². The van der Waals surface area contributed by atoms with Crippen LogP contribution in [0.1, 0.15) is 33.9 Å². The summed E-state index contributed by atoms with van der Waals surface area (Å²) < 4.78 is 13.7. The molecule has 0 heterocycles. The highest BCUT2D eigenvalue weighted by Crippen LogP contribution is 2.27. The molecule has 1 unspecified atom stereocenters. The maximum atomic E-state index is 13.7.